The molecular formula is C20H20ClFN2O4S. The number of amides is 1. The first-order chi connectivity index (χ1) is 13.8. The van der Waals surface area contributed by atoms with Gasteiger partial charge in [0.2, 0.25) is 5.91 Å². The fourth-order valence-electron chi connectivity index (χ4n) is 4.12. The van der Waals surface area contributed by atoms with Crippen LogP contribution in [-0.4, -0.2) is 56.5 Å². The van der Waals surface area contributed by atoms with Crippen LogP contribution in [0.15, 0.2) is 42.5 Å². The normalized spacial score (nSPS) is 23.8. The highest BCUT2D eigenvalue weighted by molar-refractivity contribution is 7.91. The smallest absolute Gasteiger partial charge is 0.241 e. The van der Waals surface area contributed by atoms with Gasteiger partial charge in [-0.25, -0.2) is 12.8 Å². The molecule has 2 aromatic carbocycles. The Labute approximate surface area is 173 Å². The van der Waals surface area contributed by atoms with Crippen molar-refractivity contribution in [2.24, 2.45) is 0 Å². The summed E-state index contributed by atoms with van der Waals surface area (Å²) >= 11 is 6.22. The second-order valence-electron chi connectivity index (χ2n) is 7.29. The first kappa shape index (κ1) is 20.1. The third-order valence-electron chi connectivity index (χ3n) is 5.45. The Kier molecular flexibility index (Phi) is 5.27. The number of anilines is 1. The van der Waals surface area contributed by atoms with Crippen molar-refractivity contribution in [3.63, 3.8) is 0 Å². The number of piperazine rings is 1. The highest BCUT2D eigenvalue weighted by Crippen LogP contribution is 2.36. The van der Waals surface area contributed by atoms with Crippen LogP contribution in [0.1, 0.15) is 5.56 Å². The van der Waals surface area contributed by atoms with Crippen LogP contribution >= 0.6 is 11.6 Å². The lowest BCUT2D eigenvalue weighted by molar-refractivity contribution is -0.123. The molecule has 2 aromatic rings. The van der Waals surface area contributed by atoms with Crippen LogP contribution < -0.4 is 9.64 Å². The van der Waals surface area contributed by atoms with Gasteiger partial charge < -0.3 is 9.64 Å². The molecule has 4 rings (SSSR count). The zero-order chi connectivity index (χ0) is 20.8. The van der Waals surface area contributed by atoms with Crippen LogP contribution in [-0.2, 0) is 21.2 Å². The number of nitrogens with zero attached hydrogens (tertiary/aromatic N) is 2. The molecule has 0 unspecified atom stereocenters. The number of benzene rings is 2. The minimum Gasteiger partial charge on any atom is -0.495 e. The molecule has 0 N–H and O–H groups in total. The first-order valence-electron chi connectivity index (χ1n) is 9.12. The lowest BCUT2D eigenvalue weighted by Gasteiger charge is -2.43. The quantitative estimate of drug-likeness (QED) is 0.733. The highest BCUT2D eigenvalue weighted by Gasteiger charge is 2.49. The van der Waals surface area contributed by atoms with E-state index in [0.29, 0.717) is 22.0 Å². The van der Waals surface area contributed by atoms with Crippen LogP contribution in [0.2, 0.25) is 5.02 Å². The largest absolute Gasteiger partial charge is 0.495 e. The van der Waals surface area contributed by atoms with Gasteiger partial charge in [-0.1, -0.05) is 29.8 Å². The van der Waals surface area contributed by atoms with Crippen molar-refractivity contribution in [2.45, 2.75) is 18.6 Å². The monoisotopic (exact) mass is 438 g/mol. The Morgan fingerprint density at radius 2 is 1.90 bits per heavy atom. The molecule has 9 heteroatoms. The maximum Gasteiger partial charge on any atom is 0.241 e. The van der Waals surface area contributed by atoms with E-state index in [1.54, 1.807) is 41.3 Å². The number of rotatable bonds is 4. The summed E-state index contributed by atoms with van der Waals surface area (Å²) in [5.41, 5.74) is 0.961. The Balaban J connectivity index is 1.68. The lowest BCUT2D eigenvalue weighted by atomic mass is 10.0. The summed E-state index contributed by atoms with van der Waals surface area (Å²) in [6, 6.07) is 10.3. The molecule has 2 fully saturated rings. The number of fused-ring (bicyclic) bond motifs is 1. The van der Waals surface area contributed by atoms with Gasteiger partial charge in [0.1, 0.15) is 11.6 Å². The standard InChI is InChI=1S/C20H20ClFN2O4S/c1-28-19-7-6-14(8-15(19)21)24-18-12-29(26,27)11-17(18)23(10-20(24)25)9-13-4-2-3-5-16(13)22/h2-8,17-18H,9-12H2,1H3/t17-,18-/m1/s1. The molecule has 2 saturated heterocycles. The van der Waals surface area contributed by atoms with Crippen molar-refractivity contribution in [2.75, 3.05) is 30.1 Å². The lowest BCUT2D eigenvalue weighted by Crippen LogP contribution is -2.61. The zero-order valence-electron chi connectivity index (χ0n) is 15.7. The van der Waals surface area contributed by atoms with Crippen molar-refractivity contribution in [3.05, 3.63) is 58.9 Å². The van der Waals surface area contributed by atoms with Gasteiger partial charge in [-0.05, 0) is 24.3 Å². The van der Waals surface area contributed by atoms with Gasteiger partial charge in [-0.3, -0.25) is 9.69 Å². The Hall–Kier alpha value is -2.16. The Bertz CT molecular complexity index is 1060. The van der Waals surface area contributed by atoms with E-state index in [-0.39, 0.29) is 36.3 Å². The fraction of sp³-hybridized carbons (Fsp3) is 0.350. The maximum absolute atomic E-state index is 14.1. The van der Waals surface area contributed by atoms with Crippen LogP contribution in [0.3, 0.4) is 0 Å². The number of hydrogen-bond acceptors (Lipinski definition) is 5. The summed E-state index contributed by atoms with van der Waals surface area (Å²) < 4.78 is 44.1. The fourth-order valence-corrected chi connectivity index (χ4v) is 6.35. The van der Waals surface area contributed by atoms with E-state index in [1.807, 2.05) is 0 Å². The van der Waals surface area contributed by atoms with Crippen LogP contribution in [0.5, 0.6) is 5.75 Å². The molecule has 29 heavy (non-hydrogen) atoms. The van der Waals surface area contributed by atoms with Crippen molar-refractivity contribution >= 4 is 33.0 Å². The minimum atomic E-state index is -3.34. The second-order valence-corrected chi connectivity index (χ2v) is 9.85. The molecule has 2 aliphatic heterocycles. The van der Waals surface area contributed by atoms with Crippen molar-refractivity contribution in [1.82, 2.24) is 4.90 Å². The van der Waals surface area contributed by atoms with Gasteiger partial charge in [0.15, 0.2) is 9.84 Å². The van der Waals surface area contributed by atoms with Gasteiger partial charge >= 0.3 is 0 Å². The van der Waals surface area contributed by atoms with E-state index in [1.165, 1.54) is 18.1 Å². The van der Waals surface area contributed by atoms with Crippen LogP contribution in [0, 0.1) is 5.82 Å². The second kappa shape index (κ2) is 7.59. The number of sulfone groups is 1. The van der Waals surface area contributed by atoms with E-state index < -0.39 is 21.9 Å². The molecule has 0 saturated carbocycles. The SMILES string of the molecule is COc1ccc(N2C(=O)CN(Cc3ccccc3F)[C@@H]3CS(=O)(=O)C[C@H]32)cc1Cl. The molecule has 0 aromatic heterocycles. The first-order valence-corrected chi connectivity index (χ1v) is 11.3. The average Bonchev–Trinajstić information content (AvgIpc) is 2.98. The van der Waals surface area contributed by atoms with E-state index in [4.69, 9.17) is 16.3 Å². The molecule has 154 valence electrons. The molecule has 6 nitrogen and oxygen atoms in total. The summed E-state index contributed by atoms with van der Waals surface area (Å²) in [6.07, 6.45) is 0. The molecule has 1 amide bonds. The van der Waals surface area contributed by atoms with Crippen LogP contribution in [0.4, 0.5) is 10.1 Å². The Morgan fingerprint density at radius 1 is 1.17 bits per heavy atom. The summed E-state index contributed by atoms with van der Waals surface area (Å²) in [5, 5.41) is 0.337. The number of halogens is 2. The van der Waals surface area contributed by atoms with Gasteiger partial charge in [0.05, 0.1) is 36.2 Å². The molecule has 0 aliphatic carbocycles. The predicted octanol–water partition coefficient (Wildman–Crippen LogP) is 2.50. The van der Waals surface area contributed by atoms with Crippen molar-refractivity contribution in [1.29, 1.82) is 0 Å². The summed E-state index contributed by atoms with van der Waals surface area (Å²) in [6.45, 7) is 0.168. The topological polar surface area (TPSA) is 66.9 Å². The molecule has 0 radical (unpaired) electrons. The van der Waals surface area contributed by atoms with Gasteiger partial charge in [0, 0.05) is 23.8 Å². The number of carbonyl (C=O) groups excluding carboxylic acids is 1. The molecule has 0 bridgehead atoms. The zero-order valence-corrected chi connectivity index (χ0v) is 17.3. The molecule has 0 spiro atoms. The van der Waals surface area contributed by atoms with E-state index >= 15 is 0 Å². The molecule has 2 aliphatic rings. The molecule has 2 atom stereocenters. The number of hydrogen-bond donors (Lipinski definition) is 0. The predicted molar refractivity (Wildman–Crippen MR) is 109 cm³/mol. The van der Waals surface area contributed by atoms with E-state index in [0.717, 1.165) is 0 Å². The third kappa shape index (κ3) is 3.84. The van der Waals surface area contributed by atoms with Crippen molar-refractivity contribution in [3.8, 4) is 5.75 Å². The third-order valence-corrected chi connectivity index (χ3v) is 7.44. The number of carbonyl (C=O) groups is 1. The average molecular weight is 439 g/mol. The number of methoxy groups -OCH3 is 1. The highest BCUT2D eigenvalue weighted by atomic mass is 35.5. The number of ether oxygens (including phenoxy) is 1. The van der Waals surface area contributed by atoms with E-state index in [9.17, 15) is 17.6 Å². The molecular weight excluding hydrogens is 419 g/mol. The van der Waals surface area contributed by atoms with Crippen LogP contribution in [0.25, 0.3) is 0 Å². The summed E-state index contributed by atoms with van der Waals surface area (Å²) in [4.78, 5) is 16.3. The summed E-state index contributed by atoms with van der Waals surface area (Å²) in [7, 11) is -1.85. The maximum atomic E-state index is 14.1. The minimum absolute atomic E-state index is 0.00529. The van der Waals surface area contributed by atoms with Gasteiger partial charge in [-0.15, -0.1) is 0 Å². The van der Waals surface area contributed by atoms with Crippen molar-refractivity contribution < 1.29 is 22.3 Å². The van der Waals surface area contributed by atoms with Gasteiger partial charge in [-0.2, -0.15) is 0 Å². The van der Waals surface area contributed by atoms with Gasteiger partial charge in [0.25, 0.3) is 0 Å². The molecule has 2 heterocycles. The Morgan fingerprint density at radius 3 is 2.59 bits per heavy atom. The van der Waals surface area contributed by atoms with E-state index in [2.05, 4.69) is 0 Å². The summed E-state index contributed by atoms with van der Waals surface area (Å²) in [5.74, 6) is -0.361.